The average molecular weight is 509 g/mol. The fourth-order valence-corrected chi connectivity index (χ4v) is 4.52. The molecular weight excluding hydrogens is 485 g/mol. The summed E-state index contributed by atoms with van der Waals surface area (Å²) >= 11 is 0. The predicted molar refractivity (Wildman–Crippen MR) is 125 cm³/mol. The summed E-state index contributed by atoms with van der Waals surface area (Å²) in [7, 11) is -4.12. The van der Waals surface area contributed by atoms with Gasteiger partial charge in [-0.3, -0.25) is 9.10 Å². The summed E-state index contributed by atoms with van der Waals surface area (Å²) in [6.07, 6.45) is -4.84. The number of aryl methyl sites for hydroxylation is 1. The molecule has 0 aromatic heterocycles. The third-order valence-electron chi connectivity index (χ3n) is 4.70. The number of anilines is 2. The van der Waals surface area contributed by atoms with Crippen LogP contribution in [0.25, 0.3) is 0 Å². The van der Waals surface area contributed by atoms with Crippen molar-refractivity contribution in [3.63, 3.8) is 0 Å². The Morgan fingerprint density at radius 1 is 0.914 bits per heavy atom. The zero-order valence-corrected chi connectivity index (χ0v) is 19.7. The molecule has 0 saturated carbocycles. The molecule has 186 valence electrons. The van der Waals surface area contributed by atoms with Crippen molar-refractivity contribution in [1.29, 1.82) is 0 Å². The number of nitrogens with one attached hydrogen (secondary N) is 1. The maximum atomic E-state index is 13.4. The Bertz CT molecular complexity index is 1240. The minimum Gasteiger partial charge on any atom is -0.494 e. The second kappa shape index (κ2) is 10.7. The third kappa shape index (κ3) is 7.12. The van der Waals surface area contributed by atoms with Crippen LogP contribution in [-0.2, 0) is 14.8 Å². The minimum atomic E-state index is -4.84. The van der Waals surface area contributed by atoms with Gasteiger partial charge in [0.15, 0.2) is 0 Å². The molecule has 1 N–H and O–H groups in total. The lowest BCUT2D eigenvalue weighted by Crippen LogP contribution is -2.38. The van der Waals surface area contributed by atoms with Crippen molar-refractivity contribution in [3.05, 3.63) is 78.4 Å². The van der Waals surface area contributed by atoms with Crippen LogP contribution in [-0.4, -0.2) is 33.8 Å². The number of sulfonamides is 1. The Kier molecular flexibility index (Phi) is 7.90. The first-order valence-corrected chi connectivity index (χ1v) is 11.9. The number of carbonyl (C=O) groups excluding carboxylic acids is 1. The van der Waals surface area contributed by atoms with Crippen molar-refractivity contribution >= 4 is 27.3 Å². The molecule has 0 heterocycles. The summed E-state index contributed by atoms with van der Waals surface area (Å²) in [5.74, 6) is -0.609. The van der Waals surface area contributed by atoms with Gasteiger partial charge in [-0.2, -0.15) is 0 Å². The van der Waals surface area contributed by atoms with E-state index in [1.165, 1.54) is 36.4 Å². The molecule has 1 amide bonds. The number of ether oxygens (including phenoxy) is 2. The van der Waals surface area contributed by atoms with Crippen LogP contribution in [0.1, 0.15) is 12.5 Å². The zero-order chi connectivity index (χ0) is 25.6. The normalized spacial score (nSPS) is 11.6. The van der Waals surface area contributed by atoms with Crippen LogP contribution in [0.3, 0.4) is 0 Å². The van der Waals surface area contributed by atoms with Gasteiger partial charge in [0.05, 0.1) is 17.2 Å². The molecule has 7 nitrogen and oxygen atoms in total. The van der Waals surface area contributed by atoms with E-state index in [4.69, 9.17) is 4.74 Å². The Labute approximate surface area is 201 Å². The number of amides is 1. The molecular formula is C24H23F3N2O5S. The number of halogens is 3. The quantitative estimate of drug-likeness (QED) is 0.433. The van der Waals surface area contributed by atoms with Crippen LogP contribution < -0.4 is 19.1 Å². The highest BCUT2D eigenvalue weighted by molar-refractivity contribution is 7.92. The molecule has 3 aromatic carbocycles. The lowest BCUT2D eigenvalue weighted by atomic mass is 10.2. The lowest BCUT2D eigenvalue weighted by molar-refractivity contribution is -0.274. The molecule has 0 atom stereocenters. The second-order valence-electron chi connectivity index (χ2n) is 7.37. The number of alkyl halides is 3. The van der Waals surface area contributed by atoms with E-state index in [0.717, 1.165) is 22.0 Å². The highest BCUT2D eigenvalue weighted by Gasteiger charge is 2.31. The van der Waals surface area contributed by atoms with Crippen molar-refractivity contribution in [3.8, 4) is 11.5 Å². The molecule has 35 heavy (non-hydrogen) atoms. The Morgan fingerprint density at radius 3 is 2.03 bits per heavy atom. The van der Waals surface area contributed by atoms with Gasteiger partial charge in [0, 0.05) is 5.69 Å². The molecule has 0 aliphatic carbocycles. The number of carbonyl (C=O) groups is 1. The van der Waals surface area contributed by atoms with Gasteiger partial charge in [-0.1, -0.05) is 17.7 Å². The third-order valence-corrected chi connectivity index (χ3v) is 6.49. The Balaban J connectivity index is 1.85. The second-order valence-corrected chi connectivity index (χ2v) is 9.23. The highest BCUT2D eigenvalue weighted by Crippen LogP contribution is 2.27. The molecule has 3 rings (SSSR count). The summed E-state index contributed by atoms with van der Waals surface area (Å²) in [6.45, 7) is 3.48. The first kappa shape index (κ1) is 25.9. The molecule has 0 aliphatic heterocycles. The van der Waals surface area contributed by atoms with Crippen LogP contribution in [0, 0.1) is 6.92 Å². The van der Waals surface area contributed by atoms with E-state index < -0.39 is 34.6 Å². The maximum Gasteiger partial charge on any atom is 0.573 e. The van der Waals surface area contributed by atoms with Crippen molar-refractivity contribution in [1.82, 2.24) is 0 Å². The summed E-state index contributed by atoms with van der Waals surface area (Å²) in [5, 5.41) is 2.49. The molecule has 0 spiro atoms. The molecule has 0 radical (unpaired) electrons. The number of benzene rings is 3. The molecule has 0 saturated heterocycles. The van der Waals surface area contributed by atoms with Crippen LogP contribution in [0.15, 0.2) is 77.7 Å². The standard InChI is InChI=1S/C24H23F3N2O5S/c1-3-33-20-12-8-19(9-13-20)29(35(31,32)22-14-4-17(2)5-15-22)16-23(30)28-18-6-10-21(11-7-18)34-24(25,26)27/h4-15H,3,16H2,1-2H3,(H,28,30). The molecule has 0 aliphatic rings. The van der Waals surface area contributed by atoms with Crippen LogP contribution in [0.4, 0.5) is 24.5 Å². The van der Waals surface area contributed by atoms with Gasteiger partial charge in [-0.15, -0.1) is 13.2 Å². The van der Waals surface area contributed by atoms with Gasteiger partial charge in [-0.05, 0) is 74.5 Å². The monoisotopic (exact) mass is 508 g/mol. The average Bonchev–Trinajstić information content (AvgIpc) is 2.79. The molecule has 0 unspecified atom stereocenters. The van der Waals surface area contributed by atoms with E-state index in [-0.39, 0.29) is 16.3 Å². The van der Waals surface area contributed by atoms with Gasteiger partial charge in [-0.25, -0.2) is 8.42 Å². The van der Waals surface area contributed by atoms with E-state index in [2.05, 4.69) is 10.1 Å². The SMILES string of the molecule is CCOc1ccc(N(CC(=O)Nc2ccc(OC(F)(F)F)cc2)S(=O)(=O)c2ccc(C)cc2)cc1. The van der Waals surface area contributed by atoms with Gasteiger partial charge >= 0.3 is 6.36 Å². The smallest absolute Gasteiger partial charge is 0.494 e. The number of rotatable bonds is 9. The van der Waals surface area contributed by atoms with Gasteiger partial charge in [0.1, 0.15) is 18.0 Å². The number of hydrogen-bond donors (Lipinski definition) is 1. The van der Waals surface area contributed by atoms with Crippen LogP contribution in [0.5, 0.6) is 11.5 Å². The Hall–Kier alpha value is -3.73. The van der Waals surface area contributed by atoms with E-state index in [0.29, 0.717) is 12.4 Å². The van der Waals surface area contributed by atoms with Crippen molar-refractivity contribution < 1.29 is 35.9 Å². The fraction of sp³-hybridized carbons (Fsp3) is 0.208. The van der Waals surface area contributed by atoms with Crippen LogP contribution in [0.2, 0.25) is 0 Å². The summed E-state index contributed by atoms with van der Waals surface area (Å²) < 4.78 is 74.0. The predicted octanol–water partition coefficient (Wildman–Crippen LogP) is 5.13. The number of hydrogen-bond acceptors (Lipinski definition) is 5. The molecule has 11 heteroatoms. The van der Waals surface area contributed by atoms with Gasteiger partial charge in [0.25, 0.3) is 10.0 Å². The van der Waals surface area contributed by atoms with Crippen molar-refractivity contribution in [2.45, 2.75) is 25.1 Å². The van der Waals surface area contributed by atoms with Crippen molar-refractivity contribution in [2.24, 2.45) is 0 Å². The first-order valence-electron chi connectivity index (χ1n) is 10.5. The molecule has 0 bridgehead atoms. The van der Waals surface area contributed by atoms with Gasteiger partial charge in [0.2, 0.25) is 5.91 Å². The summed E-state index contributed by atoms with van der Waals surface area (Å²) in [4.78, 5) is 12.8. The minimum absolute atomic E-state index is 0.00145. The molecule has 0 fully saturated rings. The number of nitrogens with zero attached hydrogens (tertiary/aromatic N) is 1. The topological polar surface area (TPSA) is 84.9 Å². The van der Waals surface area contributed by atoms with E-state index >= 15 is 0 Å². The summed E-state index contributed by atoms with van der Waals surface area (Å²) in [6, 6.07) is 16.9. The van der Waals surface area contributed by atoms with Crippen molar-refractivity contribution in [2.75, 3.05) is 22.8 Å². The largest absolute Gasteiger partial charge is 0.573 e. The van der Waals surface area contributed by atoms with E-state index in [1.807, 2.05) is 13.8 Å². The maximum absolute atomic E-state index is 13.4. The van der Waals surface area contributed by atoms with Gasteiger partial charge < -0.3 is 14.8 Å². The summed E-state index contributed by atoms with van der Waals surface area (Å²) in [5.41, 5.74) is 1.27. The fourth-order valence-electron chi connectivity index (χ4n) is 3.10. The van der Waals surface area contributed by atoms with E-state index in [1.54, 1.807) is 24.3 Å². The van der Waals surface area contributed by atoms with Crippen LogP contribution >= 0.6 is 0 Å². The van der Waals surface area contributed by atoms with E-state index in [9.17, 15) is 26.4 Å². The first-order chi connectivity index (χ1) is 16.5. The lowest BCUT2D eigenvalue weighted by Gasteiger charge is -2.24. The Morgan fingerprint density at radius 2 is 1.49 bits per heavy atom. The highest BCUT2D eigenvalue weighted by atomic mass is 32.2. The zero-order valence-electron chi connectivity index (χ0n) is 18.9. The molecule has 3 aromatic rings.